The van der Waals surface area contributed by atoms with Crippen LogP contribution in [0.25, 0.3) is 0 Å². The van der Waals surface area contributed by atoms with Gasteiger partial charge in [-0.15, -0.1) is 0 Å². The number of phenols is 1. The number of anilines is 1. The van der Waals surface area contributed by atoms with E-state index in [1.807, 2.05) is 6.92 Å². The Labute approximate surface area is 123 Å². The van der Waals surface area contributed by atoms with E-state index >= 15 is 0 Å². The van der Waals surface area contributed by atoms with Crippen molar-refractivity contribution in [2.45, 2.75) is 13.5 Å². The summed E-state index contributed by atoms with van der Waals surface area (Å²) in [6.45, 7) is 2.70. The van der Waals surface area contributed by atoms with E-state index in [4.69, 9.17) is 10.5 Å². The Morgan fingerprint density at radius 2 is 1.95 bits per heavy atom. The van der Waals surface area contributed by atoms with Gasteiger partial charge in [0.1, 0.15) is 11.5 Å². The zero-order valence-electron chi connectivity index (χ0n) is 11.8. The molecule has 0 saturated carbocycles. The van der Waals surface area contributed by atoms with Crippen molar-refractivity contribution in [1.29, 1.82) is 0 Å². The van der Waals surface area contributed by atoms with Gasteiger partial charge in [0.25, 0.3) is 5.91 Å². The fourth-order valence-electron chi connectivity index (χ4n) is 1.89. The Kier molecular flexibility index (Phi) is 4.66. The molecule has 0 bridgehead atoms. The second-order valence-corrected chi connectivity index (χ2v) is 4.53. The molecule has 0 aliphatic rings. The number of rotatable bonds is 5. The molecule has 5 heteroatoms. The average molecular weight is 286 g/mol. The largest absolute Gasteiger partial charge is 0.508 e. The van der Waals surface area contributed by atoms with E-state index in [-0.39, 0.29) is 18.2 Å². The Hall–Kier alpha value is -2.69. The molecule has 5 nitrogen and oxygen atoms in total. The summed E-state index contributed by atoms with van der Waals surface area (Å²) in [6.07, 6.45) is 0. The van der Waals surface area contributed by atoms with Crippen LogP contribution in [0.4, 0.5) is 5.69 Å². The van der Waals surface area contributed by atoms with Crippen molar-refractivity contribution in [1.82, 2.24) is 5.32 Å². The van der Waals surface area contributed by atoms with Crippen molar-refractivity contribution in [3.63, 3.8) is 0 Å². The predicted octanol–water partition coefficient (Wildman–Crippen LogP) is 2.30. The monoisotopic (exact) mass is 286 g/mol. The minimum absolute atomic E-state index is 0.108. The van der Waals surface area contributed by atoms with Crippen LogP contribution in [0.1, 0.15) is 22.8 Å². The van der Waals surface area contributed by atoms with E-state index in [0.717, 1.165) is 5.75 Å². The molecule has 0 spiro atoms. The van der Waals surface area contributed by atoms with Crippen LogP contribution in [0.5, 0.6) is 11.5 Å². The normalized spacial score (nSPS) is 10.1. The van der Waals surface area contributed by atoms with E-state index in [0.29, 0.717) is 23.4 Å². The molecule has 0 atom stereocenters. The van der Waals surface area contributed by atoms with Crippen LogP contribution < -0.4 is 15.8 Å². The first-order chi connectivity index (χ1) is 10.1. The summed E-state index contributed by atoms with van der Waals surface area (Å²) < 4.78 is 5.32. The van der Waals surface area contributed by atoms with Gasteiger partial charge in [-0.05, 0) is 49.4 Å². The summed E-state index contributed by atoms with van der Waals surface area (Å²) in [6, 6.07) is 11.6. The number of nitrogens with two attached hydrogens (primary N) is 1. The SMILES string of the molecule is CCOc1ccc(C(=O)NCc2cc(N)ccc2O)cc1. The molecule has 4 N–H and O–H groups in total. The van der Waals surface area contributed by atoms with Gasteiger partial charge >= 0.3 is 0 Å². The van der Waals surface area contributed by atoms with E-state index in [2.05, 4.69) is 5.32 Å². The van der Waals surface area contributed by atoms with E-state index in [1.165, 1.54) is 6.07 Å². The summed E-state index contributed by atoms with van der Waals surface area (Å²) in [4.78, 5) is 12.0. The van der Waals surface area contributed by atoms with Gasteiger partial charge in [-0.25, -0.2) is 0 Å². The number of benzene rings is 2. The first kappa shape index (κ1) is 14.7. The summed E-state index contributed by atoms with van der Waals surface area (Å²) in [5.41, 5.74) is 7.30. The molecule has 0 unspecified atom stereocenters. The number of aromatic hydroxyl groups is 1. The van der Waals surface area contributed by atoms with Gasteiger partial charge in [0, 0.05) is 23.4 Å². The molecular formula is C16H18N2O3. The second kappa shape index (κ2) is 6.65. The van der Waals surface area contributed by atoms with Crippen LogP contribution in [0.2, 0.25) is 0 Å². The predicted molar refractivity (Wildman–Crippen MR) is 81.3 cm³/mol. The van der Waals surface area contributed by atoms with Gasteiger partial charge in [0.2, 0.25) is 0 Å². The molecule has 2 aromatic rings. The summed E-state index contributed by atoms with van der Waals surface area (Å²) in [5.74, 6) is 0.610. The van der Waals surface area contributed by atoms with Crippen molar-refractivity contribution >= 4 is 11.6 Å². The van der Waals surface area contributed by atoms with Gasteiger partial charge in [-0.2, -0.15) is 0 Å². The molecule has 2 rings (SSSR count). The number of phenolic OH excluding ortho intramolecular Hbond substituents is 1. The minimum Gasteiger partial charge on any atom is -0.508 e. The zero-order valence-corrected chi connectivity index (χ0v) is 11.8. The lowest BCUT2D eigenvalue weighted by atomic mass is 10.1. The number of carbonyl (C=O) groups excluding carboxylic acids is 1. The highest BCUT2D eigenvalue weighted by molar-refractivity contribution is 5.94. The molecule has 0 aromatic heterocycles. The van der Waals surface area contributed by atoms with Gasteiger partial charge in [0.15, 0.2) is 0 Å². The molecule has 0 saturated heterocycles. The Morgan fingerprint density at radius 3 is 2.62 bits per heavy atom. The van der Waals surface area contributed by atoms with Gasteiger partial charge in [-0.1, -0.05) is 0 Å². The lowest BCUT2D eigenvalue weighted by Crippen LogP contribution is -2.22. The Balaban J connectivity index is 1.99. The number of carbonyl (C=O) groups is 1. The summed E-state index contributed by atoms with van der Waals surface area (Å²) in [5, 5.41) is 12.4. The highest BCUT2D eigenvalue weighted by Gasteiger charge is 2.07. The fourth-order valence-corrected chi connectivity index (χ4v) is 1.89. The zero-order chi connectivity index (χ0) is 15.2. The molecule has 110 valence electrons. The van der Waals surface area contributed by atoms with Crippen molar-refractivity contribution in [2.24, 2.45) is 0 Å². The topological polar surface area (TPSA) is 84.6 Å². The van der Waals surface area contributed by atoms with Crippen LogP contribution in [0.15, 0.2) is 42.5 Å². The van der Waals surface area contributed by atoms with Gasteiger partial charge in [-0.3, -0.25) is 4.79 Å². The smallest absolute Gasteiger partial charge is 0.251 e. The fraction of sp³-hybridized carbons (Fsp3) is 0.188. The van der Waals surface area contributed by atoms with Crippen LogP contribution >= 0.6 is 0 Å². The Morgan fingerprint density at radius 1 is 1.24 bits per heavy atom. The van der Waals surface area contributed by atoms with Crippen LogP contribution in [0.3, 0.4) is 0 Å². The maximum Gasteiger partial charge on any atom is 0.251 e. The molecule has 1 amide bonds. The van der Waals surface area contributed by atoms with E-state index < -0.39 is 0 Å². The lowest BCUT2D eigenvalue weighted by molar-refractivity contribution is 0.0950. The number of amides is 1. The standard InChI is InChI=1S/C16H18N2O3/c1-2-21-14-6-3-11(4-7-14)16(20)18-10-12-9-13(17)5-8-15(12)19/h3-9,19H,2,10,17H2,1H3,(H,18,20). The van der Waals surface area contributed by atoms with Gasteiger partial charge < -0.3 is 20.9 Å². The van der Waals surface area contributed by atoms with Crippen molar-refractivity contribution in [3.8, 4) is 11.5 Å². The number of hydrogen-bond acceptors (Lipinski definition) is 4. The number of ether oxygens (including phenoxy) is 1. The van der Waals surface area contributed by atoms with Gasteiger partial charge in [0.05, 0.1) is 6.61 Å². The molecule has 2 aromatic carbocycles. The first-order valence-electron chi connectivity index (χ1n) is 6.68. The van der Waals surface area contributed by atoms with Crippen molar-refractivity contribution in [3.05, 3.63) is 53.6 Å². The molecule has 0 radical (unpaired) electrons. The highest BCUT2D eigenvalue weighted by Crippen LogP contribution is 2.19. The minimum atomic E-state index is -0.222. The number of nitrogens with one attached hydrogen (secondary N) is 1. The quantitative estimate of drug-likeness (QED) is 0.581. The second-order valence-electron chi connectivity index (χ2n) is 4.53. The third-order valence-electron chi connectivity index (χ3n) is 2.97. The van der Waals surface area contributed by atoms with Crippen LogP contribution in [-0.2, 0) is 6.54 Å². The average Bonchev–Trinajstić information content (AvgIpc) is 2.49. The lowest BCUT2D eigenvalue weighted by Gasteiger charge is -2.09. The summed E-state index contributed by atoms with van der Waals surface area (Å²) in [7, 11) is 0. The molecule has 0 fully saturated rings. The van der Waals surface area contributed by atoms with Crippen molar-refractivity contribution in [2.75, 3.05) is 12.3 Å². The van der Waals surface area contributed by atoms with Crippen LogP contribution in [-0.4, -0.2) is 17.6 Å². The number of hydrogen-bond donors (Lipinski definition) is 3. The van der Waals surface area contributed by atoms with E-state index in [9.17, 15) is 9.90 Å². The molecule has 0 heterocycles. The first-order valence-corrected chi connectivity index (χ1v) is 6.68. The molecule has 0 aliphatic carbocycles. The molecular weight excluding hydrogens is 268 g/mol. The number of nitrogen functional groups attached to an aromatic ring is 1. The Bertz CT molecular complexity index is 624. The van der Waals surface area contributed by atoms with Crippen LogP contribution in [0, 0.1) is 0 Å². The molecule has 21 heavy (non-hydrogen) atoms. The highest BCUT2D eigenvalue weighted by atomic mass is 16.5. The molecule has 0 aliphatic heterocycles. The van der Waals surface area contributed by atoms with E-state index in [1.54, 1.807) is 36.4 Å². The third-order valence-corrected chi connectivity index (χ3v) is 2.97. The maximum absolute atomic E-state index is 12.0. The third kappa shape index (κ3) is 3.89. The summed E-state index contributed by atoms with van der Waals surface area (Å²) >= 11 is 0. The van der Waals surface area contributed by atoms with Crippen molar-refractivity contribution < 1.29 is 14.6 Å². The maximum atomic E-state index is 12.0.